The van der Waals surface area contributed by atoms with Gasteiger partial charge in [0.1, 0.15) is 11.5 Å². The van der Waals surface area contributed by atoms with Crippen molar-refractivity contribution in [2.45, 2.75) is 18.8 Å². The summed E-state index contributed by atoms with van der Waals surface area (Å²) in [5.74, 6) is 1.47. The molecule has 104 valence electrons. The quantitative estimate of drug-likeness (QED) is 0.755. The number of aromatic amines is 1. The number of anilines is 1. The second-order valence-corrected chi connectivity index (χ2v) is 5.39. The molecule has 0 atom stereocenters. The van der Waals surface area contributed by atoms with E-state index >= 15 is 0 Å². The highest BCUT2D eigenvalue weighted by atomic mass is 15.0. The highest BCUT2D eigenvalue weighted by Crippen LogP contribution is 2.40. The first kappa shape index (κ1) is 12.1. The third-order valence-electron chi connectivity index (χ3n) is 3.88. The van der Waals surface area contributed by atoms with E-state index in [4.69, 9.17) is 4.98 Å². The summed E-state index contributed by atoms with van der Waals surface area (Å²) in [6.45, 7) is 3.63. The number of rotatable bonds is 4. The molecule has 4 nitrogen and oxygen atoms in total. The maximum absolute atomic E-state index is 4.73. The van der Waals surface area contributed by atoms with E-state index in [9.17, 15) is 0 Å². The highest BCUT2D eigenvalue weighted by molar-refractivity contribution is 5.93. The minimum Gasteiger partial charge on any atom is -0.347 e. The number of fused-ring (bicyclic) bond motifs is 1. The summed E-state index contributed by atoms with van der Waals surface area (Å²) < 4.78 is 0. The van der Waals surface area contributed by atoms with Crippen LogP contribution in [0.25, 0.3) is 22.2 Å². The van der Waals surface area contributed by atoms with E-state index in [1.165, 1.54) is 18.5 Å². The fraction of sp³-hybridized carbons (Fsp3) is 0.176. The molecule has 2 N–H and O–H groups in total. The van der Waals surface area contributed by atoms with Crippen molar-refractivity contribution in [3.05, 3.63) is 55.1 Å². The summed E-state index contributed by atoms with van der Waals surface area (Å²) >= 11 is 0. The van der Waals surface area contributed by atoms with Crippen LogP contribution in [0.2, 0.25) is 0 Å². The van der Waals surface area contributed by atoms with Gasteiger partial charge in [-0.2, -0.15) is 0 Å². The van der Waals surface area contributed by atoms with Gasteiger partial charge in [-0.15, -0.1) is 0 Å². The van der Waals surface area contributed by atoms with E-state index in [1.807, 2.05) is 18.5 Å². The number of nitrogens with zero attached hydrogens (tertiary/aromatic N) is 2. The smallest absolute Gasteiger partial charge is 0.138 e. The van der Waals surface area contributed by atoms with Crippen LogP contribution in [0, 0.1) is 0 Å². The summed E-state index contributed by atoms with van der Waals surface area (Å²) in [7, 11) is 0. The molecule has 0 amide bonds. The summed E-state index contributed by atoms with van der Waals surface area (Å²) in [6.07, 6.45) is 8.04. The molecular formula is C17H16N4. The number of H-pyrrole nitrogens is 1. The first-order chi connectivity index (χ1) is 10.3. The monoisotopic (exact) mass is 276 g/mol. The summed E-state index contributed by atoms with van der Waals surface area (Å²) in [4.78, 5) is 12.4. The van der Waals surface area contributed by atoms with Crippen molar-refractivity contribution in [3.63, 3.8) is 0 Å². The summed E-state index contributed by atoms with van der Waals surface area (Å²) in [6, 6.07) is 8.31. The Labute approximate surface area is 122 Å². The van der Waals surface area contributed by atoms with Gasteiger partial charge in [0.05, 0.1) is 0 Å². The van der Waals surface area contributed by atoms with Gasteiger partial charge in [0.2, 0.25) is 0 Å². The predicted molar refractivity (Wildman–Crippen MR) is 85.1 cm³/mol. The Bertz CT molecular complexity index is 797. The van der Waals surface area contributed by atoms with E-state index in [-0.39, 0.29) is 0 Å². The van der Waals surface area contributed by atoms with Crippen LogP contribution in [-0.2, 0) is 0 Å². The number of hydrogen-bond acceptors (Lipinski definition) is 3. The van der Waals surface area contributed by atoms with Crippen LogP contribution in [0.1, 0.15) is 24.5 Å². The molecule has 4 heteroatoms. The second kappa shape index (κ2) is 4.74. The molecule has 1 aliphatic carbocycles. The fourth-order valence-electron chi connectivity index (χ4n) is 2.61. The Hall–Kier alpha value is -2.62. The lowest BCUT2D eigenvalue weighted by molar-refractivity contribution is 1.04. The van der Waals surface area contributed by atoms with Crippen LogP contribution in [0.5, 0.6) is 0 Å². The maximum Gasteiger partial charge on any atom is 0.138 e. The Morgan fingerprint density at radius 2 is 2.14 bits per heavy atom. The van der Waals surface area contributed by atoms with Gasteiger partial charge in [0, 0.05) is 40.5 Å². The zero-order valence-electron chi connectivity index (χ0n) is 11.6. The normalized spacial score (nSPS) is 14.3. The van der Waals surface area contributed by atoms with Gasteiger partial charge in [-0.25, -0.2) is 9.97 Å². The lowest BCUT2D eigenvalue weighted by atomic mass is 10.1. The summed E-state index contributed by atoms with van der Waals surface area (Å²) in [5.41, 5.74) is 4.39. The molecule has 0 radical (unpaired) electrons. The molecule has 4 rings (SSSR count). The van der Waals surface area contributed by atoms with E-state index in [2.05, 4.69) is 40.1 Å². The minimum absolute atomic E-state index is 0.673. The number of nitrogens with one attached hydrogen (secondary N) is 2. The van der Waals surface area contributed by atoms with Crippen molar-refractivity contribution in [1.82, 2.24) is 15.0 Å². The summed E-state index contributed by atoms with van der Waals surface area (Å²) in [5, 5.41) is 4.12. The molecule has 21 heavy (non-hydrogen) atoms. The van der Waals surface area contributed by atoms with E-state index in [0.717, 1.165) is 28.0 Å². The molecule has 3 aromatic rings. The maximum atomic E-state index is 4.73. The minimum atomic E-state index is 0.673. The largest absolute Gasteiger partial charge is 0.347 e. The second-order valence-electron chi connectivity index (χ2n) is 5.39. The van der Waals surface area contributed by atoms with Crippen molar-refractivity contribution in [2.75, 3.05) is 5.32 Å². The van der Waals surface area contributed by atoms with Crippen LogP contribution in [0.3, 0.4) is 0 Å². The van der Waals surface area contributed by atoms with Gasteiger partial charge in [-0.05, 0) is 43.3 Å². The van der Waals surface area contributed by atoms with E-state index in [1.54, 1.807) is 6.20 Å². The third-order valence-corrected chi connectivity index (χ3v) is 3.88. The van der Waals surface area contributed by atoms with Gasteiger partial charge >= 0.3 is 0 Å². The molecule has 1 fully saturated rings. The first-order valence-corrected chi connectivity index (χ1v) is 7.17. The van der Waals surface area contributed by atoms with Crippen LogP contribution < -0.4 is 5.32 Å². The fourth-order valence-corrected chi connectivity index (χ4v) is 2.61. The van der Waals surface area contributed by atoms with Crippen LogP contribution in [0.4, 0.5) is 5.82 Å². The standard InChI is InChI=1S/C17H16N4/c1-2-18-16-8-5-12(9-19-16)14-10-20-17-13(14)6-7-15(21-17)11-3-4-11/h2,5-11H,1,3-4H2,(H,18,19)(H,20,21). The van der Waals surface area contributed by atoms with Crippen LogP contribution in [-0.4, -0.2) is 15.0 Å². The van der Waals surface area contributed by atoms with Crippen LogP contribution >= 0.6 is 0 Å². The van der Waals surface area contributed by atoms with Crippen molar-refractivity contribution >= 4 is 16.9 Å². The van der Waals surface area contributed by atoms with Crippen molar-refractivity contribution in [3.8, 4) is 11.1 Å². The molecule has 3 heterocycles. The Balaban J connectivity index is 1.73. The number of pyridine rings is 2. The first-order valence-electron chi connectivity index (χ1n) is 7.17. The zero-order valence-corrected chi connectivity index (χ0v) is 11.6. The number of hydrogen-bond donors (Lipinski definition) is 2. The molecule has 1 aliphatic rings. The van der Waals surface area contributed by atoms with Gasteiger partial charge < -0.3 is 10.3 Å². The highest BCUT2D eigenvalue weighted by Gasteiger charge is 2.25. The topological polar surface area (TPSA) is 53.6 Å². The lowest BCUT2D eigenvalue weighted by Gasteiger charge is -2.03. The van der Waals surface area contributed by atoms with Gasteiger partial charge in [0.25, 0.3) is 0 Å². The molecule has 0 saturated heterocycles. The molecule has 0 bridgehead atoms. The molecule has 0 spiro atoms. The molecule has 0 unspecified atom stereocenters. The molecule has 0 aromatic carbocycles. The molecule has 3 aromatic heterocycles. The Kier molecular flexibility index (Phi) is 2.74. The van der Waals surface area contributed by atoms with E-state index in [0.29, 0.717) is 5.92 Å². The van der Waals surface area contributed by atoms with Gasteiger partial charge in [-0.1, -0.05) is 6.58 Å². The van der Waals surface area contributed by atoms with Gasteiger partial charge in [-0.3, -0.25) is 0 Å². The third kappa shape index (κ3) is 2.18. The van der Waals surface area contributed by atoms with Crippen molar-refractivity contribution < 1.29 is 0 Å². The average molecular weight is 276 g/mol. The average Bonchev–Trinajstić information content (AvgIpc) is 3.28. The van der Waals surface area contributed by atoms with Gasteiger partial charge in [0.15, 0.2) is 0 Å². The van der Waals surface area contributed by atoms with Crippen molar-refractivity contribution in [1.29, 1.82) is 0 Å². The van der Waals surface area contributed by atoms with Crippen molar-refractivity contribution in [2.24, 2.45) is 0 Å². The zero-order chi connectivity index (χ0) is 14.2. The van der Waals surface area contributed by atoms with Crippen LogP contribution in [0.15, 0.2) is 49.4 Å². The molecule has 1 saturated carbocycles. The Morgan fingerprint density at radius 3 is 2.86 bits per heavy atom. The predicted octanol–water partition coefficient (Wildman–Crippen LogP) is 4.06. The lowest BCUT2D eigenvalue weighted by Crippen LogP contribution is -1.90. The molecular weight excluding hydrogens is 260 g/mol. The number of aromatic nitrogens is 3. The van der Waals surface area contributed by atoms with E-state index < -0.39 is 0 Å². The molecule has 0 aliphatic heterocycles. The Morgan fingerprint density at radius 1 is 1.24 bits per heavy atom. The SMILES string of the molecule is C=CNc1ccc(-c2c[nH]c3nc(C4CC4)ccc23)cn1.